The van der Waals surface area contributed by atoms with Crippen LogP contribution in [0, 0.1) is 6.92 Å². The smallest absolute Gasteiger partial charge is 0.0594 e. The molecule has 0 bridgehead atoms. The van der Waals surface area contributed by atoms with E-state index in [-0.39, 0.29) is 0 Å². The first kappa shape index (κ1) is 12.1. The highest BCUT2D eigenvalue weighted by molar-refractivity contribution is 5.12. The van der Waals surface area contributed by atoms with E-state index in [0.717, 1.165) is 25.4 Å². The van der Waals surface area contributed by atoms with Gasteiger partial charge in [-0.2, -0.15) is 0 Å². The first-order chi connectivity index (χ1) is 7.18. The number of aryl methyl sites for hydroxylation is 1. The van der Waals surface area contributed by atoms with Crippen molar-refractivity contribution >= 4 is 0 Å². The van der Waals surface area contributed by atoms with E-state index in [1.54, 1.807) is 0 Å². The highest BCUT2D eigenvalue weighted by Gasteiger charge is 1.94. The van der Waals surface area contributed by atoms with Crippen LogP contribution in [0.5, 0.6) is 0 Å². The Balaban J connectivity index is 2.12. The Morgan fingerprint density at radius 3 is 2.80 bits per heavy atom. The van der Waals surface area contributed by atoms with Crippen molar-refractivity contribution in [3.8, 4) is 0 Å². The van der Waals surface area contributed by atoms with Gasteiger partial charge >= 0.3 is 0 Å². The lowest BCUT2D eigenvalue weighted by atomic mass is 10.2. The van der Waals surface area contributed by atoms with Gasteiger partial charge < -0.3 is 10.1 Å². The fourth-order valence-electron chi connectivity index (χ4n) is 1.20. The number of aromatic nitrogens is 1. The van der Waals surface area contributed by atoms with E-state index in [1.807, 2.05) is 33.0 Å². The van der Waals surface area contributed by atoms with Gasteiger partial charge in [0, 0.05) is 25.0 Å². The van der Waals surface area contributed by atoms with Gasteiger partial charge in [0.15, 0.2) is 0 Å². The molecule has 0 atom stereocenters. The molecule has 1 rings (SSSR count). The molecule has 0 aromatic carbocycles. The molecule has 0 amide bonds. The molecule has 3 heteroatoms. The highest BCUT2D eigenvalue weighted by atomic mass is 16.5. The number of pyridine rings is 1. The Kier molecular flexibility index (Phi) is 5.29. The summed E-state index contributed by atoms with van der Waals surface area (Å²) in [6.07, 6.45) is 2.22. The van der Waals surface area contributed by atoms with E-state index in [4.69, 9.17) is 4.74 Å². The summed E-state index contributed by atoms with van der Waals surface area (Å²) in [6, 6.07) is 4.13. The maximum atomic E-state index is 5.42. The van der Waals surface area contributed by atoms with Crippen molar-refractivity contribution in [3.63, 3.8) is 0 Å². The van der Waals surface area contributed by atoms with Gasteiger partial charge in [0.1, 0.15) is 0 Å². The molecule has 0 saturated carbocycles. The summed E-state index contributed by atoms with van der Waals surface area (Å²) in [5.41, 5.74) is 2.27. The van der Waals surface area contributed by atoms with Crippen LogP contribution in [0.2, 0.25) is 0 Å². The average molecular weight is 208 g/mol. The van der Waals surface area contributed by atoms with Gasteiger partial charge in [0.2, 0.25) is 0 Å². The minimum Gasteiger partial charge on any atom is -0.377 e. The molecule has 0 aliphatic rings. The van der Waals surface area contributed by atoms with Gasteiger partial charge in [-0.05, 0) is 32.4 Å². The van der Waals surface area contributed by atoms with Crippen molar-refractivity contribution in [1.29, 1.82) is 0 Å². The summed E-state index contributed by atoms with van der Waals surface area (Å²) in [7, 11) is 0. The second-order valence-corrected chi connectivity index (χ2v) is 3.90. The van der Waals surface area contributed by atoms with Gasteiger partial charge in [-0.25, -0.2) is 0 Å². The number of ether oxygens (including phenoxy) is 1. The Labute approximate surface area is 91.9 Å². The second kappa shape index (κ2) is 6.53. The molecule has 0 unspecified atom stereocenters. The molecule has 15 heavy (non-hydrogen) atoms. The fourth-order valence-corrected chi connectivity index (χ4v) is 1.20. The summed E-state index contributed by atoms with van der Waals surface area (Å²) in [4.78, 5) is 4.23. The van der Waals surface area contributed by atoms with Crippen molar-refractivity contribution in [1.82, 2.24) is 10.3 Å². The van der Waals surface area contributed by atoms with Crippen molar-refractivity contribution in [2.24, 2.45) is 0 Å². The first-order valence-electron chi connectivity index (χ1n) is 5.42. The van der Waals surface area contributed by atoms with Crippen LogP contribution in [-0.2, 0) is 11.3 Å². The Morgan fingerprint density at radius 1 is 1.40 bits per heavy atom. The van der Waals surface area contributed by atoms with Gasteiger partial charge in [0.05, 0.1) is 12.7 Å². The number of nitrogens with zero attached hydrogens (tertiary/aromatic N) is 1. The summed E-state index contributed by atoms with van der Waals surface area (Å²) in [5.74, 6) is 0. The number of nitrogens with one attached hydrogen (secondary N) is 1. The lowest BCUT2D eigenvalue weighted by Crippen LogP contribution is -2.21. The molecule has 1 aromatic heterocycles. The zero-order valence-electron chi connectivity index (χ0n) is 9.79. The Hall–Kier alpha value is -0.930. The Morgan fingerprint density at radius 2 is 2.20 bits per heavy atom. The zero-order valence-corrected chi connectivity index (χ0v) is 9.79. The zero-order chi connectivity index (χ0) is 11.1. The van der Waals surface area contributed by atoms with E-state index >= 15 is 0 Å². The molecule has 84 valence electrons. The minimum atomic E-state index is 0.313. The topological polar surface area (TPSA) is 34.1 Å². The van der Waals surface area contributed by atoms with Gasteiger partial charge in [0.25, 0.3) is 0 Å². The standard InChI is InChI=1S/C12H20N2O/c1-10(2)15-7-6-13-8-12-5-4-11(3)14-9-12/h4-5,9-10,13H,6-8H2,1-3H3. The van der Waals surface area contributed by atoms with Crippen LogP contribution >= 0.6 is 0 Å². The van der Waals surface area contributed by atoms with Crippen LogP contribution in [0.25, 0.3) is 0 Å². The van der Waals surface area contributed by atoms with Crippen LogP contribution in [0.3, 0.4) is 0 Å². The predicted octanol–water partition coefficient (Wildman–Crippen LogP) is 1.90. The van der Waals surface area contributed by atoms with Gasteiger partial charge in [-0.3, -0.25) is 4.98 Å². The molecular formula is C12H20N2O. The minimum absolute atomic E-state index is 0.313. The Bertz CT molecular complexity index is 269. The normalized spacial score (nSPS) is 10.9. The first-order valence-corrected chi connectivity index (χ1v) is 5.42. The summed E-state index contributed by atoms with van der Waals surface area (Å²) in [5, 5.41) is 3.31. The van der Waals surface area contributed by atoms with E-state index in [9.17, 15) is 0 Å². The number of hydrogen-bond acceptors (Lipinski definition) is 3. The number of hydrogen-bond donors (Lipinski definition) is 1. The van der Waals surface area contributed by atoms with Crippen molar-refractivity contribution in [2.75, 3.05) is 13.2 Å². The van der Waals surface area contributed by atoms with E-state index in [1.165, 1.54) is 5.56 Å². The molecule has 1 N–H and O–H groups in total. The maximum absolute atomic E-state index is 5.42. The quantitative estimate of drug-likeness (QED) is 0.725. The maximum Gasteiger partial charge on any atom is 0.0594 e. The third-order valence-corrected chi connectivity index (χ3v) is 2.03. The van der Waals surface area contributed by atoms with Crippen molar-refractivity contribution in [3.05, 3.63) is 29.6 Å². The molecule has 0 radical (unpaired) electrons. The van der Waals surface area contributed by atoms with Crippen LogP contribution < -0.4 is 5.32 Å². The van der Waals surface area contributed by atoms with Crippen LogP contribution in [0.15, 0.2) is 18.3 Å². The van der Waals surface area contributed by atoms with Crippen molar-refractivity contribution in [2.45, 2.75) is 33.4 Å². The molecule has 0 aliphatic carbocycles. The van der Waals surface area contributed by atoms with Crippen LogP contribution in [0.4, 0.5) is 0 Å². The number of rotatable bonds is 6. The van der Waals surface area contributed by atoms with E-state index in [0.29, 0.717) is 6.10 Å². The molecule has 0 spiro atoms. The van der Waals surface area contributed by atoms with E-state index in [2.05, 4.69) is 16.4 Å². The van der Waals surface area contributed by atoms with Crippen LogP contribution in [-0.4, -0.2) is 24.2 Å². The van der Waals surface area contributed by atoms with Gasteiger partial charge in [-0.15, -0.1) is 0 Å². The second-order valence-electron chi connectivity index (χ2n) is 3.90. The SMILES string of the molecule is Cc1ccc(CNCCOC(C)C)cn1. The third-order valence-electron chi connectivity index (χ3n) is 2.03. The average Bonchev–Trinajstić information content (AvgIpc) is 2.20. The monoisotopic (exact) mass is 208 g/mol. The van der Waals surface area contributed by atoms with Gasteiger partial charge in [-0.1, -0.05) is 6.07 Å². The summed E-state index contributed by atoms with van der Waals surface area (Å²) >= 11 is 0. The third kappa shape index (κ3) is 5.50. The summed E-state index contributed by atoms with van der Waals surface area (Å²) in [6.45, 7) is 8.58. The molecule has 1 aromatic rings. The fraction of sp³-hybridized carbons (Fsp3) is 0.583. The molecular weight excluding hydrogens is 188 g/mol. The van der Waals surface area contributed by atoms with Crippen LogP contribution in [0.1, 0.15) is 25.1 Å². The largest absolute Gasteiger partial charge is 0.377 e. The van der Waals surface area contributed by atoms with Crippen molar-refractivity contribution < 1.29 is 4.74 Å². The lowest BCUT2D eigenvalue weighted by molar-refractivity contribution is 0.0807. The molecule has 0 saturated heterocycles. The predicted molar refractivity (Wildman–Crippen MR) is 61.8 cm³/mol. The van der Waals surface area contributed by atoms with E-state index < -0.39 is 0 Å². The lowest BCUT2D eigenvalue weighted by Gasteiger charge is -2.08. The summed E-state index contributed by atoms with van der Waals surface area (Å²) < 4.78 is 5.42. The molecule has 0 aliphatic heterocycles. The molecule has 1 heterocycles. The molecule has 3 nitrogen and oxygen atoms in total. The molecule has 0 fully saturated rings. The highest BCUT2D eigenvalue weighted by Crippen LogP contribution is 1.98.